The van der Waals surface area contributed by atoms with Gasteiger partial charge in [0.15, 0.2) is 0 Å². The monoisotopic (exact) mass is 452 g/mol. The predicted octanol–water partition coefficient (Wildman–Crippen LogP) is 4.21. The number of benzene rings is 1. The molecule has 4 nitrogen and oxygen atoms in total. The van der Waals surface area contributed by atoms with Crippen LogP contribution in [0.15, 0.2) is 48.1 Å². The minimum Gasteiger partial charge on any atom is -0.392 e. The summed E-state index contributed by atoms with van der Waals surface area (Å²) in [4.78, 5) is 5.04. The number of unbranched alkanes of at least 4 members (excludes halogenated alkanes) is 2. The Kier molecular flexibility index (Phi) is 8.81. The lowest BCUT2D eigenvalue weighted by atomic mass is 9.88. The Hall–Kier alpha value is -1.46. The van der Waals surface area contributed by atoms with Crippen LogP contribution in [0, 0.1) is 24.7 Å². The average molecular weight is 453 g/mol. The summed E-state index contributed by atoms with van der Waals surface area (Å²) in [7, 11) is 2.22. The lowest BCUT2D eigenvalue weighted by Gasteiger charge is -2.32. The number of nitrogens with zero attached hydrogens (tertiary/aromatic N) is 2. The smallest absolute Gasteiger partial charge is 0.0761 e. The van der Waals surface area contributed by atoms with Crippen LogP contribution in [0.1, 0.15) is 49.7 Å². The fraction of sp³-hybridized carbons (Fsp3) is 0.655. The van der Waals surface area contributed by atoms with Crippen molar-refractivity contribution in [3.8, 4) is 0 Å². The molecule has 1 aliphatic heterocycles. The Morgan fingerprint density at radius 3 is 2.73 bits per heavy atom. The summed E-state index contributed by atoms with van der Waals surface area (Å²) in [5, 5.41) is 21.2. The van der Waals surface area contributed by atoms with Crippen molar-refractivity contribution in [2.24, 2.45) is 17.8 Å². The zero-order valence-electron chi connectivity index (χ0n) is 20.7. The van der Waals surface area contributed by atoms with E-state index in [-0.39, 0.29) is 12.0 Å². The van der Waals surface area contributed by atoms with Crippen molar-refractivity contribution < 1.29 is 10.2 Å². The Morgan fingerprint density at radius 2 is 1.94 bits per heavy atom. The van der Waals surface area contributed by atoms with E-state index in [0.29, 0.717) is 18.3 Å². The average Bonchev–Trinajstić information content (AvgIpc) is 3.29. The van der Waals surface area contributed by atoms with Gasteiger partial charge in [-0.15, -0.1) is 0 Å². The molecule has 4 heteroatoms. The summed E-state index contributed by atoms with van der Waals surface area (Å²) in [6.45, 7) is 8.20. The second-order valence-electron chi connectivity index (χ2n) is 10.8. The number of hydrogen-bond donors (Lipinski definition) is 2. The molecule has 5 atom stereocenters. The minimum atomic E-state index is -0.493. The quantitative estimate of drug-likeness (QED) is 0.412. The van der Waals surface area contributed by atoms with Crippen LogP contribution >= 0.6 is 0 Å². The predicted molar refractivity (Wildman–Crippen MR) is 136 cm³/mol. The van der Waals surface area contributed by atoms with Gasteiger partial charge in [0.2, 0.25) is 0 Å². The lowest BCUT2D eigenvalue weighted by Crippen LogP contribution is -2.44. The molecule has 3 aliphatic rings. The van der Waals surface area contributed by atoms with Crippen molar-refractivity contribution >= 4 is 0 Å². The van der Waals surface area contributed by atoms with Crippen LogP contribution in [0.4, 0.5) is 0 Å². The second kappa shape index (κ2) is 11.8. The van der Waals surface area contributed by atoms with Crippen molar-refractivity contribution in [3.63, 3.8) is 0 Å². The molecule has 2 aliphatic carbocycles. The third kappa shape index (κ3) is 7.02. The van der Waals surface area contributed by atoms with Gasteiger partial charge in [-0.25, -0.2) is 0 Å². The number of hydrogen-bond acceptors (Lipinski definition) is 4. The van der Waals surface area contributed by atoms with E-state index >= 15 is 0 Å². The van der Waals surface area contributed by atoms with Gasteiger partial charge >= 0.3 is 0 Å². The first-order valence-corrected chi connectivity index (χ1v) is 13.2. The zero-order valence-corrected chi connectivity index (χ0v) is 20.7. The van der Waals surface area contributed by atoms with E-state index in [9.17, 15) is 10.2 Å². The molecule has 1 saturated heterocycles. The number of aryl methyl sites for hydroxylation is 1. The third-order valence-corrected chi connectivity index (χ3v) is 8.10. The molecule has 1 aromatic rings. The number of piperazine rings is 1. The van der Waals surface area contributed by atoms with E-state index < -0.39 is 6.10 Å². The molecule has 4 rings (SSSR count). The van der Waals surface area contributed by atoms with Gasteiger partial charge in [-0.3, -0.25) is 0 Å². The molecule has 0 amide bonds. The first-order chi connectivity index (χ1) is 16.0. The van der Waals surface area contributed by atoms with Gasteiger partial charge in [-0.05, 0) is 70.0 Å². The van der Waals surface area contributed by atoms with Crippen molar-refractivity contribution in [1.82, 2.24) is 9.80 Å². The maximum absolute atomic E-state index is 10.6. The summed E-state index contributed by atoms with van der Waals surface area (Å²) in [5.74, 6) is 1.21. The topological polar surface area (TPSA) is 46.9 Å². The molecule has 1 heterocycles. The van der Waals surface area contributed by atoms with E-state index in [0.717, 1.165) is 18.4 Å². The lowest BCUT2D eigenvalue weighted by molar-refractivity contribution is 0.140. The third-order valence-electron chi connectivity index (χ3n) is 8.10. The maximum Gasteiger partial charge on any atom is 0.0761 e. The molecule has 1 aromatic carbocycles. The van der Waals surface area contributed by atoms with Crippen LogP contribution < -0.4 is 0 Å². The van der Waals surface area contributed by atoms with Crippen LogP contribution in [-0.2, 0) is 6.42 Å². The highest BCUT2D eigenvalue weighted by Crippen LogP contribution is 2.48. The highest BCUT2D eigenvalue weighted by Gasteiger charge is 2.43. The molecular formula is C29H44N2O2. The van der Waals surface area contributed by atoms with Crippen LogP contribution in [-0.4, -0.2) is 72.0 Å². The van der Waals surface area contributed by atoms with Crippen LogP contribution in [0.25, 0.3) is 0 Å². The molecule has 2 fully saturated rings. The largest absolute Gasteiger partial charge is 0.392 e. The van der Waals surface area contributed by atoms with E-state index in [1.54, 1.807) is 5.57 Å². The molecule has 0 spiro atoms. The molecule has 1 saturated carbocycles. The first-order valence-electron chi connectivity index (χ1n) is 13.2. The fourth-order valence-electron chi connectivity index (χ4n) is 6.13. The fourth-order valence-corrected chi connectivity index (χ4v) is 6.13. The summed E-state index contributed by atoms with van der Waals surface area (Å²) in [5.41, 5.74) is 3.99. The summed E-state index contributed by atoms with van der Waals surface area (Å²) >= 11 is 0. The normalized spacial score (nSPS) is 29.5. The summed E-state index contributed by atoms with van der Waals surface area (Å²) in [6, 6.07) is 8.34. The minimum absolute atomic E-state index is 0.174. The molecular weight excluding hydrogens is 408 g/mol. The number of allylic oxidation sites excluding steroid dienone is 2. The number of fused-ring (bicyclic) bond motifs is 1. The number of rotatable bonds is 10. The van der Waals surface area contributed by atoms with Crippen LogP contribution in [0.2, 0.25) is 0 Å². The van der Waals surface area contributed by atoms with Crippen molar-refractivity contribution in [1.29, 1.82) is 0 Å². The zero-order chi connectivity index (χ0) is 23.2. The molecule has 2 N–H and O–H groups in total. The summed E-state index contributed by atoms with van der Waals surface area (Å²) in [6.07, 6.45) is 13.5. The first kappa shape index (κ1) is 24.7. The van der Waals surface area contributed by atoms with Gasteiger partial charge in [0, 0.05) is 38.5 Å². The van der Waals surface area contributed by atoms with Gasteiger partial charge < -0.3 is 20.0 Å². The van der Waals surface area contributed by atoms with Crippen molar-refractivity contribution in [2.75, 3.05) is 39.8 Å². The maximum atomic E-state index is 10.6. The highest BCUT2D eigenvalue weighted by atomic mass is 16.3. The Bertz CT molecular complexity index is 812. The Labute approximate surface area is 201 Å². The highest BCUT2D eigenvalue weighted by molar-refractivity contribution is 5.24. The van der Waals surface area contributed by atoms with E-state index in [2.05, 4.69) is 54.1 Å². The van der Waals surface area contributed by atoms with Gasteiger partial charge in [0.25, 0.3) is 0 Å². The second-order valence-corrected chi connectivity index (χ2v) is 10.8. The number of likely N-dealkylation sites (N-methyl/N-ethyl adjacent to an activating group) is 1. The van der Waals surface area contributed by atoms with Crippen LogP contribution in [0.5, 0.6) is 0 Å². The number of aliphatic hydroxyl groups is 2. The van der Waals surface area contributed by atoms with Crippen molar-refractivity contribution in [3.05, 3.63) is 59.2 Å². The Balaban J connectivity index is 1.17. The van der Waals surface area contributed by atoms with Gasteiger partial charge in [0.05, 0.1) is 12.2 Å². The van der Waals surface area contributed by atoms with Crippen molar-refractivity contribution in [2.45, 2.75) is 64.1 Å². The Morgan fingerprint density at radius 1 is 1.12 bits per heavy atom. The van der Waals surface area contributed by atoms with Crippen LogP contribution in [0.3, 0.4) is 0 Å². The summed E-state index contributed by atoms with van der Waals surface area (Å²) < 4.78 is 0. The molecule has 182 valence electrons. The SMILES string of the molecule is Cc1cccc(C[C@H](O)/C=C/[C@@H]2[C@H]3CC(CCCCCN4CCN(C)CC4)=C[C@H]3C[C@H]2O)c1. The van der Waals surface area contributed by atoms with E-state index in [4.69, 9.17) is 0 Å². The number of aliphatic hydroxyl groups excluding tert-OH is 2. The van der Waals surface area contributed by atoms with Gasteiger partial charge in [-0.2, -0.15) is 0 Å². The molecule has 0 aromatic heterocycles. The molecule has 0 radical (unpaired) electrons. The van der Waals surface area contributed by atoms with Gasteiger partial charge in [-0.1, -0.05) is 60.1 Å². The van der Waals surface area contributed by atoms with E-state index in [1.807, 2.05) is 12.1 Å². The van der Waals surface area contributed by atoms with E-state index in [1.165, 1.54) is 64.0 Å². The van der Waals surface area contributed by atoms with Gasteiger partial charge in [0.1, 0.15) is 0 Å². The standard InChI is InChI=1S/C29H44N2O2/c1-22-7-6-9-23(17-22)19-26(32)10-11-27-28-20-24(18-25(28)21-29(27)33)8-4-3-5-12-31-15-13-30(2)14-16-31/h6-7,9-11,17-18,25-29,32-33H,3-5,8,12-16,19-21H2,1-2H3/b11-10+/t25-,26+,27+,28-,29+/m0/s1. The molecule has 33 heavy (non-hydrogen) atoms. The molecule has 0 bridgehead atoms. The molecule has 0 unspecified atom stereocenters.